The first-order chi connectivity index (χ1) is 16.4. The van der Waals surface area contributed by atoms with Crippen LogP contribution in [0.15, 0.2) is 36.5 Å². The van der Waals surface area contributed by atoms with Gasteiger partial charge in [-0.15, -0.1) is 0 Å². The van der Waals surface area contributed by atoms with Crippen LogP contribution in [0.25, 0.3) is 0 Å². The molecule has 0 bridgehead atoms. The zero-order valence-corrected chi connectivity index (χ0v) is 21.1. The highest BCUT2D eigenvalue weighted by Gasteiger charge is 2.52. The van der Waals surface area contributed by atoms with Gasteiger partial charge in [0.2, 0.25) is 0 Å². The number of carbonyl (C=O) groups is 1. The van der Waals surface area contributed by atoms with Crippen molar-refractivity contribution in [2.75, 3.05) is 5.32 Å². The third kappa shape index (κ3) is 6.84. The Kier molecular flexibility index (Phi) is 8.63. The van der Waals surface area contributed by atoms with Crippen molar-refractivity contribution < 1.29 is 23.1 Å². The molecule has 0 spiro atoms. The summed E-state index contributed by atoms with van der Waals surface area (Å²) in [6, 6.07) is 8.60. The Labute approximate surface area is 206 Å². The molecule has 4 nitrogen and oxygen atoms in total. The predicted molar refractivity (Wildman–Crippen MR) is 133 cm³/mol. The van der Waals surface area contributed by atoms with Crippen molar-refractivity contribution in [2.45, 2.75) is 90.3 Å². The molecule has 1 saturated carbocycles. The summed E-state index contributed by atoms with van der Waals surface area (Å²) in [5.74, 6) is 0.320. The minimum atomic E-state index is -4.30. The average Bonchev–Trinajstić information content (AvgIpc) is 2.90. The second kappa shape index (κ2) is 11.1. The molecule has 3 atom stereocenters. The van der Waals surface area contributed by atoms with Crippen LogP contribution in [0.4, 0.5) is 18.9 Å². The molecular formula is C28H37F3N2O2. The molecule has 1 aromatic carbocycles. The number of carbonyl (C=O) groups excluding carboxylic acids is 1. The molecule has 2 aromatic rings. The topological polar surface area (TPSA) is 62.2 Å². The van der Waals surface area contributed by atoms with Crippen LogP contribution in [0.2, 0.25) is 0 Å². The van der Waals surface area contributed by atoms with E-state index < -0.39 is 24.1 Å². The number of aliphatic hydroxyl groups is 1. The third-order valence-electron chi connectivity index (χ3n) is 6.94. The van der Waals surface area contributed by atoms with Crippen LogP contribution in [-0.2, 0) is 11.8 Å². The summed E-state index contributed by atoms with van der Waals surface area (Å²) in [6.45, 7) is 8.30. The van der Waals surface area contributed by atoms with E-state index in [2.05, 4.69) is 31.1 Å². The van der Waals surface area contributed by atoms with E-state index in [1.54, 1.807) is 43.5 Å². The Morgan fingerprint density at radius 3 is 2.60 bits per heavy atom. The van der Waals surface area contributed by atoms with Crippen LogP contribution in [0.1, 0.15) is 86.5 Å². The van der Waals surface area contributed by atoms with Gasteiger partial charge in [-0.25, -0.2) is 0 Å². The van der Waals surface area contributed by atoms with Crippen molar-refractivity contribution in [3.05, 3.63) is 58.9 Å². The summed E-state index contributed by atoms with van der Waals surface area (Å²) >= 11 is 0. The standard InChI is InChI=1S/C24H27F3N2O2.C4H10/c1-15-21(6-3-11-28-15)29-22(31)17-7-8-20-16(12-17)4-2-5-18-13-19(30)9-10-23(18,20)14-24(25,26)27;1-4(2)3/h3,6-8,11-12,18-19,30H,2,4-5,9-10,13-14H2,1H3,(H,29,31);4H,1-3H3. The Balaban J connectivity index is 0.000000795. The fraction of sp³-hybridized carbons (Fsp3) is 0.571. The molecule has 7 heteroatoms. The highest BCUT2D eigenvalue weighted by Crippen LogP contribution is 2.54. The van der Waals surface area contributed by atoms with Crippen molar-refractivity contribution in [3.63, 3.8) is 0 Å². The van der Waals surface area contributed by atoms with Crippen LogP contribution in [0.5, 0.6) is 0 Å². The molecule has 0 saturated heterocycles. The fourth-order valence-corrected chi connectivity index (χ4v) is 5.51. The van der Waals surface area contributed by atoms with Crippen LogP contribution in [-0.4, -0.2) is 28.3 Å². The van der Waals surface area contributed by atoms with E-state index in [4.69, 9.17) is 0 Å². The fourth-order valence-electron chi connectivity index (χ4n) is 5.51. The summed E-state index contributed by atoms with van der Waals surface area (Å²) in [5.41, 5.74) is 2.22. The summed E-state index contributed by atoms with van der Waals surface area (Å²) in [7, 11) is 0. The molecule has 0 aliphatic heterocycles. The Hall–Kier alpha value is -2.41. The second-order valence-corrected chi connectivity index (χ2v) is 10.7. The van der Waals surface area contributed by atoms with Crippen molar-refractivity contribution in [2.24, 2.45) is 11.8 Å². The smallest absolute Gasteiger partial charge is 0.389 e. The number of nitrogens with zero attached hydrogens (tertiary/aromatic N) is 1. The lowest BCUT2D eigenvalue weighted by molar-refractivity contribution is -0.160. The van der Waals surface area contributed by atoms with Gasteiger partial charge < -0.3 is 10.4 Å². The molecule has 2 aliphatic carbocycles. The summed E-state index contributed by atoms with van der Waals surface area (Å²) in [5, 5.41) is 13.0. The van der Waals surface area contributed by atoms with Crippen molar-refractivity contribution in [3.8, 4) is 0 Å². The number of hydrogen-bond acceptors (Lipinski definition) is 3. The van der Waals surface area contributed by atoms with Crippen LogP contribution >= 0.6 is 0 Å². The van der Waals surface area contributed by atoms with Gasteiger partial charge in [0.15, 0.2) is 0 Å². The van der Waals surface area contributed by atoms with Gasteiger partial charge in [-0.1, -0.05) is 26.8 Å². The molecule has 2 aliphatic rings. The first kappa shape index (κ1) is 27.2. The maximum atomic E-state index is 13.7. The monoisotopic (exact) mass is 490 g/mol. The van der Waals surface area contributed by atoms with E-state index in [0.29, 0.717) is 54.6 Å². The Bertz CT molecular complexity index is 1020. The molecule has 1 amide bonds. The van der Waals surface area contributed by atoms with E-state index in [0.717, 1.165) is 17.9 Å². The number of anilines is 1. The lowest BCUT2D eigenvalue weighted by atomic mass is 9.59. The summed E-state index contributed by atoms with van der Waals surface area (Å²) in [6.07, 6.45) is -0.964. The maximum absolute atomic E-state index is 13.7. The highest BCUT2D eigenvalue weighted by molar-refractivity contribution is 6.04. The molecule has 35 heavy (non-hydrogen) atoms. The number of benzene rings is 1. The normalized spacial score (nSPS) is 23.9. The van der Waals surface area contributed by atoms with Crippen LogP contribution < -0.4 is 5.32 Å². The third-order valence-corrected chi connectivity index (χ3v) is 6.94. The summed E-state index contributed by atoms with van der Waals surface area (Å²) in [4.78, 5) is 17.0. The van der Waals surface area contributed by atoms with Gasteiger partial charge in [-0.3, -0.25) is 9.78 Å². The molecular weight excluding hydrogens is 453 g/mol. The van der Waals surface area contributed by atoms with E-state index in [1.807, 2.05) is 0 Å². The predicted octanol–water partition coefficient (Wildman–Crippen LogP) is 6.99. The quantitative estimate of drug-likeness (QED) is 0.487. The number of rotatable bonds is 3. The number of pyridine rings is 1. The molecule has 0 radical (unpaired) electrons. The van der Waals surface area contributed by atoms with Crippen molar-refractivity contribution in [1.82, 2.24) is 4.98 Å². The van der Waals surface area contributed by atoms with E-state index in [9.17, 15) is 23.1 Å². The number of fused-ring (bicyclic) bond motifs is 3. The molecule has 2 N–H and O–H groups in total. The number of nitrogens with one attached hydrogen (secondary N) is 1. The number of halogens is 3. The van der Waals surface area contributed by atoms with Gasteiger partial charge >= 0.3 is 6.18 Å². The number of aromatic nitrogens is 1. The van der Waals surface area contributed by atoms with Gasteiger partial charge in [0.25, 0.3) is 5.91 Å². The molecule has 1 heterocycles. The lowest BCUT2D eigenvalue weighted by Gasteiger charge is -2.46. The van der Waals surface area contributed by atoms with Crippen LogP contribution in [0, 0.1) is 18.8 Å². The zero-order chi connectivity index (χ0) is 25.8. The first-order valence-electron chi connectivity index (χ1n) is 12.5. The number of amides is 1. The SMILES string of the molecule is CC(C)C.Cc1ncccc1NC(=O)c1ccc2c(c1)CCCC1CC(O)CCC21CC(F)(F)F. The number of hydrogen-bond donors (Lipinski definition) is 2. The first-order valence-corrected chi connectivity index (χ1v) is 12.5. The maximum Gasteiger partial charge on any atom is 0.389 e. The van der Waals surface area contributed by atoms with Crippen molar-refractivity contribution >= 4 is 11.6 Å². The second-order valence-electron chi connectivity index (χ2n) is 10.7. The van der Waals surface area contributed by atoms with Gasteiger partial charge in [-0.2, -0.15) is 13.2 Å². The molecule has 4 rings (SSSR count). The minimum absolute atomic E-state index is 0.211. The lowest BCUT2D eigenvalue weighted by Crippen LogP contribution is -2.45. The van der Waals surface area contributed by atoms with Gasteiger partial charge in [0.1, 0.15) is 0 Å². The average molecular weight is 491 g/mol. The minimum Gasteiger partial charge on any atom is -0.393 e. The number of aliphatic hydroxyl groups excluding tert-OH is 1. The van der Waals surface area contributed by atoms with E-state index in [1.165, 1.54) is 0 Å². The van der Waals surface area contributed by atoms with E-state index in [-0.39, 0.29) is 11.8 Å². The Morgan fingerprint density at radius 1 is 1.23 bits per heavy atom. The largest absolute Gasteiger partial charge is 0.393 e. The highest BCUT2D eigenvalue weighted by atomic mass is 19.4. The van der Waals surface area contributed by atoms with Gasteiger partial charge in [0.05, 0.1) is 23.9 Å². The molecule has 3 unspecified atom stereocenters. The summed E-state index contributed by atoms with van der Waals surface area (Å²) < 4.78 is 41.1. The number of aryl methyl sites for hydroxylation is 2. The van der Waals surface area contributed by atoms with Crippen LogP contribution in [0.3, 0.4) is 0 Å². The Morgan fingerprint density at radius 2 is 1.94 bits per heavy atom. The zero-order valence-electron chi connectivity index (χ0n) is 21.1. The van der Waals surface area contributed by atoms with Crippen molar-refractivity contribution in [1.29, 1.82) is 0 Å². The number of alkyl halides is 3. The van der Waals surface area contributed by atoms with Gasteiger partial charge in [-0.05, 0) is 92.7 Å². The van der Waals surface area contributed by atoms with Gasteiger partial charge in [0, 0.05) is 17.2 Å². The molecule has 1 fully saturated rings. The molecule has 192 valence electrons. The van der Waals surface area contributed by atoms with E-state index >= 15 is 0 Å². The molecule has 1 aromatic heterocycles.